The predicted molar refractivity (Wildman–Crippen MR) is 107 cm³/mol. The van der Waals surface area contributed by atoms with Crippen molar-refractivity contribution in [3.8, 4) is 0 Å². The zero-order valence-electron chi connectivity index (χ0n) is 16.3. The molecule has 7 nitrogen and oxygen atoms in total. The molecule has 0 atom stereocenters. The highest BCUT2D eigenvalue weighted by molar-refractivity contribution is 6.30. The molecule has 0 N–H and O–H groups in total. The molecule has 1 fully saturated rings. The number of hydrogen-bond acceptors (Lipinski definition) is 5. The van der Waals surface area contributed by atoms with E-state index in [1.54, 1.807) is 6.07 Å². The van der Waals surface area contributed by atoms with Gasteiger partial charge in [0.25, 0.3) is 11.5 Å². The number of alkyl halides is 3. The van der Waals surface area contributed by atoms with Crippen molar-refractivity contribution in [2.24, 2.45) is 0 Å². The number of nitrogens with zero attached hydrogens (tertiary/aromatic N) is 3. The summed E-state index contributed by atoms with van der Waals surface area (Å²) in [6.45, 7) is 0.688. The lowest BCUT2D eigenvalue weighted by molar-refractivity contribution is -0.152. The van der Waals surface area contributed by atoms with E-state index in [2.05, 4.69) is 4.90 Å². The lowest BCUT2D eigenvalue weighted by atomic mass is 10.2. The molecule has 1 saturated heterocycles. The van der Waals surface area contributed by atoms with Crippen molar-refractivity contribution in [2.75, 3.05) is 37.7 Å². The average molecular weight is 458 g/mol. The molecule has 1 amide bonds. The molecule has 166 valence electrons. The van der Waals surface area contributed by atoms with Crippen LogP contribution in [0.15, 0.2) is 47.4 Å². The molecule has 0 saturated carbocycles. The molecule has 1 aromatic heterocycles. The zero-order chi connectivity index (χ0) is 22.6. The Kier molecular flexibility index (Phi) is 6.89. The van der Waals surface area contributed by atoms with E-state index in [4.69, 9.17) is 16.3 Å². The van der Waals surface area contributed by atoms with Gasteiger partial charge in [0.05, 0.1) is 5.56 Å². The first-order valence-corrected chi connectivity index (χ1v) is 9.73. The maximum atomic E-state index is 12.8. The predicted octanol–water partition coefficient (Wildman–Crippen LogP) is 2.41. The number of pyridine rings is 1. The quantitative estimate of drug-likeness (QED) is 0.645. The Morgan fingerprint density at radius 3 is 2.42 bits per heavy atom. The van der Waals surface area contributed by atoms with E-state index in [1.165, 1.54) is 4.90 Å². The molecule has 31 heavy (non-hydrogen) atoms. The number of rotatable bonds is 5. The molecule has 0 unspecified atom stereocenters. The largest absolute Gasteiger partial charge is 0.454 e. The molecule has 0 spiro atoms. The summed E-state index contributed by atoms with van der Waals surface area (Å²) in [5.74, 6) is -1.40. The number of carbonyl (C=O) groups is 2. The first-order valence-electron chi connectivity index (χ1n) is 9.35. The number of carbonyl (C=O) groups excluding carboxylic acids is 2. The van der Waals surface area contributed by atoms with Crippen LogP contribution < -0.4 is 10.5 Å². The summed E-state index contributed by atoms with van der Waals surface area (Å²) in [5, 5.41) is 0.614. The molecular weight excluding hydrogens is 439 g/mol. The molecule has 1 aliphatic heterocycles. The van der Waals surface area contributed by atoms with Gasteiger partial charge in [0.2, 0.25) is 0 Å². The molecule has 11 heteroatoms. The fourth-order valence-corrected chi connectivity index (χ4v) is 3.31. The lowest BCUT2D eigenvalue weighted by Gasteiger charge is -2.36. The van der Waals surface area contributed by atoms with Crippen LogP contribution in [0.5, 0.6) is 0 Å². The second-order valence-corrected chi connectivity index (χ2v) is 7.33. The monoisotopic (exact) mass is 457 g/mol. The third-order valence-electron chi connectivity index (χ3n) is 4.77. The number of halogens is 4. The second-order valence-electron chi connectivity index (χ2n) is 6.89. The summed E-state index contributed by atoms with van der Waals surface area (Å²) in [4.78, 5) is 39.5. The van der Waals surface area contributed by atoms with E-state index in [9.17, 15) is 27.6 Å². The van der Waals surface area contributed by atoms with Crippen molar-refractivity contribution >= 4 is 29.2 Å². The van der Waals surface area contributed by atoms with Gasteiger partial charge >= 0.3 is 12.1 Å². The summed E-state index contributed by atoms with van der Waals surface area (Å²) < 4.78 is 43.7. The smallest absolute Gasteiger partial charge is 0.417 e. The third-order valence-corrected chi connectivity index (χ3v) is 5.01. The highest BCUT2D eigenvalue weighted by atomic mass is 35.5. The van der Waals surface area contributed by atoms with Crippen LogP contribution in [0.2, 0.25) is 5.02 Å². The maximum absolute atomic E-state index is 12.8. The molecule has 0 radical (unpaired) electrons. The average Bonchev–Trinajstić information content (AvgIpc) is 2.73. The molecule has 0 aliphatic carbocycles. The Morgan fingerprint density at radius 2 is 1.77 bits per heavy atom. The summed E-state index contributed by atoms with van der Waals surface area (Å²) in [6, 6.07) is 8.71. The number of piperazine rings is 1. The van der Waals surface area contributed by atoms with Crippen LogP contribution in [-0.2, 0) is 27.0 Å². The number of hydrogen-bond donors (Lipinski definition) is 0. The van der Waals surface area contributed by atoms with E-state index in [0.29, 0.717) is 48.0 Å². The lowest BCUT2D eigenvalue weighted by Crippen LogP contribution is -2.50. The second kappa shape index (κ2) is 9.42. The number of amides is 1. The van der Waals surface area contributed by atoms with Crippen LogP contribution in [0.3, 0.4) is 0 Å². The standard InChI is InChI=1S/C20H19ClF3N3O4/c21-15-2-1-3-16(10-15)25-6-8-26(9-7-25)18(29)13-31-19(30)12-27-11-14(20(22,23)24)4-5-17(27)28/h1-5,10-11H,6-9,12-13H2. The van der Waals surface area contributed by atoms with Gasteiger partial charge in [-0.15, -0.1) is 0 Å². The SMILES string of the molecule is O=C(Cn1cc(C(F)(F)F)ccc1=O)OCC(=O)N1CCN(c2cccc(Cl)c2)CC1. The third kappa shape index (κ3) is 6.00. The van der Waals surface area contributed by atoms with Crippen molar-refractivity contribution in [2.45, 2.75) is 12.7 Å². The van der Waals surface area contributed by atoms with Gasteiger partial charge in [-0.2, -0.15) is 13.2 Å². The van der Waals surface area contributed by atoms with E-state index in [-0.39, 0.29) is 0 Å². The van der Waals surface area contributed by atoms with Gasteiger partial charge in [-0.3, -0.25) is 14.4 Å². The number of ether oxygens (including phenoxy) is 1. The highest BCUT2D eigenvalue weighted by Crippen LogP contribution is 2.28. The van der Waals surface area contributed by atoms with Crippen molar-refractivity contribution in [3.05, 3.63) is 63.5 Å². The van der Waals surface area contributed by atoms with Crippen LogP contribution in [0.4, 0.5) is 18.9 Å². The van der Waals surface area contributed by atoms with Crippen molar-refractivity contribution in [1.29, 1.82) is 0 Å². The van der Waals surface area contributed by atoms with E-state index in [1.807, 2.05) is 18.2 Å². The Balaban J connectivity index is 1.49. The van der Waals surface area contributed by atoms with E-state index >= 15 is 0 Å². The van der Waals surface area contributed by atoms with Gasteiger partial charge in [0, 0.05) is 49.2 Å². The van der Waals surface area contributed by atoms with Gasteiger partial charge < -0.3 is 19.1 Å². The summed E-state index contributed by atoms with van der Waals surface area (Å²) >= 11 is 6.00. The minimum atomic E-state index is -4.65. The molecule has 0 bridgehead atoms. The minimum absolute atomic E-state index is 0.413. The van der Waals surface area contributed by atoms with Crippen LogP contribution in [0, 0.1) is 0 Å². The first kappa shape index (κ1) is 22.7. The number of anilines is 1. The normalized spacial score (nSPS) is 14.5. The van der Waals surface area contributed by atoms with Crippen LogP contribution >= 0.6 is 11.6 Å². The number of aromatic nitrogens is 1. The summed E-state index contributed by atoms with van der Waals surface area (Å²) in [7, 11) is 0. The van der Waals surface area contributed by atoms with Gasteiger partial charge in [-0.05, 0) is 24.3 Å². The fourth-order valence-electron chi connectivity index (χ4n) is 3.13. The number of benzene rings is 1. The summed E-state index contributed by atoms with van der Waals surface area (Å²) in [5.41, 5.74) is -0.903. The molecule has 2 aromatic rings. The van der Waals surface area contributed by atoms with Crippen molar-refractivity contribution in [1.82, 2.24) is 9.47 Å². The Bertz CT molecular complexity index is 1020. The van der Waals surface area contributed by atoms with Gasteiger partial charge in [-0.1, -0.05) is 17.7 Å². The highest BCUT2D eigenvalue weighted by Gasteiger charge is 2.31. The summed E-state index contributed by atoms with van der Waals surface area (Å²) in [6.07, 6.45) is -4.11. The topological polar surface area (TPSA) is 71.8 Å². The Hall–Kier alpha value is -3.01. The zero-order valence-corrected chi connectivity index (χ0v) is 17.0. The van der Waals surface area contributed by atoms with Gasteiger partial charge in [0.15, 0.2) is 6.61 Å². The molecule has 1 aliphatic rings. The molecule has 2 heterocycles. The first-order chi connectivity index (χ1) is 14.6. The molecular formula is C20H19ClF3N3O4. The Labute approximate surface area is 180 Å². The van der Waals surface area contributed by atoms with Gasteiger partial charge in [0.1, 0.15) is 6.54 Å². The number of esters is 1. The molecule has 3 rings (SSSR count). The van der Waals surface area contributed by atoms with Crippen molar-refractivity contribution in [3.63, 3.8) is 0 Å². The maximum Gasteiger partial charge on any atom is 0.417 e. The van der Waals surface area contributed by atoms with Crippen LogP contribution in [0.1, 0.15) is 5.56 Å². The van der Waals surface area contributed by atoms with Crippen LogP contribution in [-0.4, -0.2) is 54.1 Å². The fraction of sp³-hybridized carbons (Fsp3) is 0.350. The van der Waals surface area contributed by atoms with Crippen molar-refractivity contribution < 1.29 is 27.5 Å². The molecule has 1 aromatic carbocycles. The van der Waals surface area contributed by atoms with Gasteiger partial charge in [-0.25, -0.2) is 0 Å². The van der Waals surface area contributed by atoms with E-state index < -0.39 is 42.3 Å². The van der Waals surface area contributed by atoms with E-state index in [0.717, 1.165) is 11.8 Å². The van der Waals surface area contributed by atoms with Crippen LogP contribution in [0.25, 0.3) is 0 Å². The Morgan fingerprint density at radius 1 is 1.06 bits per heavy atom. The minimum Gasteiger partial charge on any atom is -0.454 e.